The highest BCUT2D eigenvalue weighted by molar-refractivity contribution is 6.10. The van der Waals surface area contributed by atoms with Gasteiger partial charge in [0.2, 0.25) is 0 Å². The molecule has 5 nitrogen and oxygen atoms in total. The molecule has 28 heavy (non-hydrogen) atoms. The van der Waals surface area contributed by atoms with Gasteiger partial charge in [-0.05, 0) is 29.0 Å². The summed E-state index contributed by atoms with van der Waals surface area (Å²) in [6.45, 7) is 0. The molecule has 0 atom stereocenters. The van der Waals surface area contributed by atoms with Crippen molar-refractivity contribution in [1.82, 2.24) is 10.2 Å². The van der Waals surface area contributed by atoms with Crippen LogP contribution in [0.4, 0.5) is 5.69 Å². The van der Waals surface area contributed by atoms with Crippen LogP contribution in [0.1, 0.15) is 5.56 Å². The van der Waals surface area contributed by atoms with E-state index < -0.39 is 5.91 Å². The third-order valence-corrected chi connectivity index (χ3v) is 4.40. The van der Waals surface area contributed by atoms with Crippen molar-refractivity contribution in [3.8, 4) is 17.3 Å². The number of rotatable bonds is 4. The van der Waals surface area contributed by atoms with E-state index in [0.29, 0.717) is 11.3 Å². The summed E-state index contributed by atoms with van der Waals surface area (Å²) >= 11 is 0. The maximum Gasteiger partial charge on any atom is 0.266 e. The first-order valence-electron chi connectivity index (χ1n) is 8.75. The lowest BCUT2D eigenvalue weighted by molar-refractivity contribution is -0.112. The molecule has 0 saturated carbocycles. The Hall–Kier alpha value is -4.17. The molecule has 0 fully saturated rings. The zero-order valence-electron chi connectivity index (χ0n) is 14.9. The Kier molecular flexibility index (Phi) is 4.68. The van der Waals surface area contributed by atoms with Gasteiger partial charge in [0.05, 0.1) is 11.9 Å². The molecule has 0 radical (unpaired) electrons. The molecule has 5 heteroatoms. The number of amides is 1. The average molecular weight is 364 g/mol. The van der Waals surface area contributed by atoms with Crippen LogP contribution >= 0.6 is 0 Å². The van der Waals surface area contributed by atoms with Gasteiger partial charge in [0.25, 0.3) is 5.91 Å². The molecule has 1 aromatic heterocycles. The minimum absolute atomic E-state index is 0.00624. The van der Waals surface area contributed by atoms with E-state index in [1.165, 1.54) is 0 Å². The van der Waals surface area contributed by atoms with Crippen LogP contribution in [-0.2, 0) is 4.79 Å². The first kappa shape index (κ1) is 17.3. The van der Waals surface area contributed by atoms with Crippen molar-refractivity contribution in [2.24, 2.45) is 0 Å². The van der Waals surface area contributed by atoms with E-state index in [-0.39, 0.29) is 5.57 Å². The van der Waals surface area contributed by atoms with Gasteiger partial charge >= 0.3 is 0 Å². The zero-order chi connectivity index (χ0) is 19.3. The van der Waals surface area contributed by atoms with E-state index >= 15 is 0 Å². The van der Waals surface area contributed by atoms with Crippen molar-refractivity contribution in [2.75, 3.05) is 5.32 Å². The molecule has 0 bridgehead atoms. The summed E-state index contributed by atoms with van der Waals surface area (Å²) in [4.78, 5) is 12.6. The van der Waals surface area contributed by atoms with Crippen LogP contribution in [0.3, 0.4) is 0 Å². The smallest absolute Gasteiger partial charge is 0.266 e. The van der Waals surface area contributed by atoms with Crippen LogP contribution in [0, 0.1) is 11.3 Å². The number of benzene rings is 3. The molecule has 0 saturated heterocycles. The van der Waals surface area contributed by atoms with Gasteiger partial charge in [-0.3, -0.25) is 9.89 Å². The van der Waals surface area contributed by atoms with E-state index in [2.05, 4.69) is 15.5 Å². The fraction of sp³-hybridized carbons (Fsp3) is 0. The van der Waals surface area contributed by atoms with E-state index in [1.54, 1.807) is 12.3 Å². The van der Waals surface area contributed by atoms with Crippen LogP contribution in [-0.4, -0.2) is 16.1 Å². The van der Waals surface area contributed by atoms with Crippen LogP contribution in [0.5, 0.6) is 0 Å². The Morgan fingerprint density at radius 2 is 1.75 bits per heavy atom. The number of fused-ring (bicyclic) bond motifs is 1. The molecule has 1 amide bonds. The van der Waals surface area contributed by atoms with Crippen LogP contribution < -0.4 is 5.32 Å². The lowest BCUT2D eigenvalue weighted by atomic mass is 10.1. The molecule has 1 heterocycles. The fourth-order valence-corrected chi connectivity index (χ4v) is 3.01. The number of nitrogens with zero attached hydrogens (tertiary/aromatic N) is 2. The van der Waals surface area contributed by atoms with Gasteiger partial charge in [-0.25, -0.2) is 0 Å². The first-order chi connectivity index (χ1) is 13.7. The number of H-pyrrole nitrogens is 1. The minimum Gasteiger partial charge on any atom is -0.321 e. The fourth-order valence-electron chi connectivity index (χ4n) is 3.01. The van der Waals surface area contributed by atoms with E-state index in [0.717, 1.165) is 22.0 Å². The SMILES string of the molecule is N#C/C(=C/c1cn[nH]c1-c1ccccc1)C(=O)Nc1ccc2ccccc2c1. The molecule has 3 aromatic carbocycles. The van der Waals surface area contributed by atoms with Crippen molar-refractivity contribution in [2.45, 2.75) is 0 Å². The number of hydrogen-bond donors (Lipinski definition) is 2. The largest absolute Gasteiger partial charge is 0.321 e. The topological polar surface area (TPSA) is 81.6 Å². The molecule has 0 spiro atoms. The quantitative estimate of drug-likeness (QED) is 0.404. The second-order valence-electron chi connectivity index (χ2n) is 6.25. The molecule has 4 aromatic rings. The second kappa shape index (κ2) is 7.60. The van der Waals surface area contributed by atoms with Crippen LogP contribution in [0.2, 0.25) is 0 Å². The summed E-state index contributed by atoms with van der Waals surface area (Å²) in [5.74, 6) is -0.460. The number of carbonyl (C=O) groups excluding carboxylic acids is 1. The first-order valence-corrected chi connectivity index (χ1v) is 8.75. The van der Waals surface area contributed by atoms with Crippen LogP contribution in [0.25, 0.3) is 28.1 Å². The number of nitriles is 1. The molecule has 0 unspecified atom stereocenters. The van der Waals surface area contributed by atoms with E-state index in [9.17, 15) is 10.1 Å². The van der Waals surface area contributed by atoms with E-state index in [4.69, 9.17) is 0 Å². The van der Waals surface area contributed by atoms with Crippen molar-refractivity contribution >= 4 is 28.4 Å². The Labute approximate surface area is 161 Å². The maximum absolute atomic E-state index is 12.6. The minimum atomic E-state index is -0.460. The predicted octanol–water partition coefficient (Wildman–Crippen LogP) is 4.78. The average Bonchev–Trinajstić information content (AvgIpc) is 3.20. The second-order valence-corrected chi connectivity index (χ2v) is 6.25. The predicted molar refractivity (Wildman–Crippen MR) is 110 cm³/mol. The van der Waals surface area contributed by atoms with Gasteiger partial charge in [0, 0.05) is 16.8 Å². The highest BCUT2D eigenvalue weighted by Crippen LogP contribution is 2.23. The monoisotopic (exact) mass is 364 g/mol. The van der Waals surface area contributed by atoms with Crippen molar-refractivity contribution < 1.29 is 4.79 Å². The van der Waals surface area contributed by atoms with Gasteiger partial charge in [-0.15, -0.1) is 0 Å². The Morgan fingerprint density at radius 3 is 2.54 bits per heavy atom. The molecule has 0 aliphatic rings. The summed E-state index contributed by atoms with van der Waals surface area (Å²) in [6.07, 6.45) is 3.14. The van der Waals surface area contributed by atoms with Gasteiger partial charge < -0.3 is 5.32 Å². The third-order valence-electron chi connectivity index (χ3n) is 4.40. The molecular weight excluding hydrogens is 348 g/mol. The maximum atomic E-state index is 12.6. The van der Waals surface area contributed by atoms with Gasteiger partial charge in [0.1, 0.15) is 11.6 Å². The number of carbonyl (C=O) groups is 1. The lowest BCUT2D eigenvalue weighted by Crippen LogP contribution is -2.13. The third kappa shape index (κ3) is 3.53. The highest BCUT2D eigenvalue weighted by atomic mass is 16.1. The molecule has 4 rings (SSSR count). The summed E-state index contributed by atoms with van der Waals surface area (Å²) in [7, 11) is 0. The summed E-state index contributed by atoms with van der Waals surface area (Å²) in [5.41, 5.74) is 3.01. The molecule has 0 aliphatic heterocycles. The van der Waals surface area contributed by atoms with Crippen molar-refractivity contribution in [3.63, 3.8) is 0 Å². The zero-order valence-corrected chi connectivity index (χ0v) is 14.9. The molecule has 134 valence electrons. The summed E-state index contributed by atoms with van der Waals surface area (Å²) < 4.78 is 0. The number of nitrogens with one attached hydrogen (secondary N) is 2. The standard InChI is InChI=1S/C23H16N4O/c24-14-19(12-20-15-25-27-22(20)17-7-2-1-3-8-17)23(28)26-21-11-10-16-6-4-5-9-18(16)13-21/h1-13,15H,(H,25,27)(H,26,28)/b19-12-. The normalized spacial score (nSPS) is 11.2. The van der Waals surface area contributed by atoms with Gasteiger partial charge in [-0.2, -0.15) is 10.4 Å². The summed E-state index contributed by atoms with van der Waals surface area (Å²) in [5, 5.41) is 21.4. The Bertz CT molecular complexity index is 1220. The number of aromatic amines is 1. The number of anilines is 1. The summed E-state index contributed by atoms with van der Waals surface area (Å²) in [6, 6.07) is 25.1. The number of hydrogen-bond acceptors (Lipinski definition) is 3. The Balaban J connectivity index is 1.61. The van der Waals surface area contributed by atoms with Crippen molar-refractivity contribution in [3.05, 3.63) is 90.1 Å². The lowest BCUT2D eigenvalue weighted by Gasteiger charge is -2.06. The van der Waals surface area contributed by atoms with Gasteiger partial charge in [0.15, 0.2) is 0 Å². The number of aromatic nitrogens is 2. The highest BCUT2D eigenvalue weighted by Gasteiger charge is 2.13. The van der Waals surface area contributed by atoms with Gasteiger partial charge in [-0.1, -0.05) is 60.7 Å². The molecule has 0 aliphatic carbocycles. The molecule has 2 N–H and O–H groups in total. The van der Waals surface area contributed by atoms with Crippen molar-refractivity contribution in [1.29, 1.82) is 5.26 Å². The Morgan fingerprint density at radius 1 is 1.00 bits per heavy atom. The van der Waals surface area contributed by atoms with Crippen LogP contribution in [0.15, 0.2) is 84.6 Å². The molecular formula is C23H16N4O. The van der Waals surface area contributed by atoms with E-state index in [1.807, 2.05) is 78.9 Å².